The molecule has 0 atom stereocenters. The Labute approximate surface area is 117 Å². The average Bonchev–Trinajstić information content (AvgIpc) is 2.84. The van der Waals surface area contributed by atoms with Crippen LogP contribution in [0.3, 0.4) is 0 Å². The molecule has 3 aromatic rings. The number of ether oxygens (including phenoxy) is 1. The van der Waals surface area contributed by atoms with Gasteiger partial charge in [-0.2, -0.15) is 5.26 Å². The summed E-state index contributed by atoms with van der Waals surface area (Å²) in [7, 11) is 3.70. The van der Waals surface area contributed by atoms with Gasteiger partial charge in [0.15, 0.2) is 0 Å². The van der Waals surface area contributed by atoms with Gasteiger partial charge in [0, 0.05) is 29.7 Å². The van der Waals surface area contributed by atoms with Crippen LogP contribution in [0.4, 0.5) is 0 Å². The third-order valence-electron chi connectivity index (χ3n) is 3.52. The van der Waals surface area contributed by atoms with Gasteiger partial charge in [0.1, 0.15) is 5.75 Å². The van der Waals surface area contributed by atoms with Crippen molar-refractivity contribution in [3.05, 3.63) is 54.2 Å². The zero-order valence-electron chi connectivity index (χ0n) is 11.4. The Hall–Kier alpha value is -2.73. The zero-order valence-corrected chi connectivity index (χ0v) is 11.4. The number of nitrogens with zero attached hydrogens (tertiary/aromatic N) is 2. The second kappa shape index (κ2) is 4.75. The summed E-state index contributed by atoms with van der Waals surface area (Å²) in [6.07, 6.45) is 2.10. The molecule has 0 aliphatic carbocycles. The predicted octanol–water partition coefficient (Wildman–Crippen LogP) is 3.73. The van der Waals surface area contributed by atoms with E-state index >= 15 is 0 Å². The second-order valence-electron chi connectivity index (χ2n) is 4.73. The molecule has 0 saturated carbocycles. The number of benzene rings is 2. The highest BCUT2D eigenvalue weighted by Gasteiger charge is 2.09. The number of rotatable bonds is 2. The maximum atomic E-state index is 8.87. The van der Waals surface area contributed by atoms with Crippen molar-refractivity contribution in [3.63, 3.8) is 0 Å². The summed E-state index contributed by atoms with van der Waals surface area (Å²) >= 11 is 0. The quantitative estimate of drug-likeness (QED) is 0.705. The largest absolute Gasteiger partial charge is 0.497 e. The van der Waals surface area contributed by atoms with Crippen LogP contribution < -0.4 is 4.74 Å². The van der Waals surface area contributed by atoms with Crippen LogP contribution in [-0.4, -0.2) is 11.7 Å². The Kier molecular flexibility index (Phi) is 2.92. The highest BCUT2D eigenvalue weighted by molar-refractivity contribution is 5.96. The molecule has 0 amide bonds. The van der Waals surface area contributed by atoms with Crippen LogP contribution in [0.1, 0.15) is 5.56 Å². The summed E-state index contributed by atoms with van der Waals surface area (Å²) < 4.78 is 7.41. The van der Waals surface area contributed by atoms with E-state index < -0.39 is 0 Å². The van der Waals surface area contributed by atoms with Gasteiger partial charge in [-0.1, -0.05) is 12.1 Å². The molecular formula is C17H14N2O. The van der Waals surface area contributed by atoms with Crippen LogP contribution in [0.15, 0.2) is 48.7 Å². The van der Waals surface area contributed by atoms with E-state index in [1.165, 1.54) is 0 Å². The topological polar surface area (TPSA) is 37.9 Å². The first-order chi connectivity index (χ1) is 9.72. The molecule has 0 aliphatic heterocycles. The number of nitriles is 1. The SMILES string of the molecule is COc1ccc2c(c1)c(-c1ccc(C#N)cc1)cn2C. The lowest BCUT2D eigenvalue weighted by Gasteiger charge is -2.02. The van der Waals surface area contributed by atoms with Gasteiger partial charge in [-0.25, -0.2) is 0 Å². The fourth-order valence-corrected chi connectivity index (χ4v) is 2.45. The molecule has 1 heterocycles. The van der Waals surface area contributed by atoms with Crippen LogP contribution in [0.2, 0.25) is 0 Å². The van der Waals surface area contributed by atoms with Crippen molar-refractivity contribution in [2.24, 2.45) is 7.05 Å². The van der Waals surface area contributed by atoms with E-state index in [4.69, 9.17) is 10.00 Å². The zero-order chi connectivity index (χ0) is 14.1. The monoisotopic (exact) mass is 262 g/mol. The van der Waals surface area contributed by atoms with Crippen LogP contribution in [0, 0.1) is 11.3 Å². The number of methoxy groups -OCH3 is 1. The van der Waals surface area contributed by atoms with Gasteiger partial charge < -0.3 is 9.30 Å². The Morgan fingerprint density at radius 2 is 1.85 bits per heavy atom. The molecule has 0 bridgehead atoms. The van der Waals surface area contributed by atoms with E-state index in [0.717, 1.165) is 27.8 Å². The Balaban J connectivity index is 2.21. The number of aromatic nitrogens is 1. The average molecular weight is 262 g/mol. The summed E-state index contributed by atoms with van der Waals surface area (Å²) in [5, 5.41) is 10.0. The lowest BCUT2D eigenvalue weighted by molar-refractivity contribution is 0.415. The molecule has 98 valence electrons. The van der Waals surface area contributed by atoms with E-state index in [1.807, 2.05) is 43.4 Å². The van der Waals surface area contributed by atoms with E-state index in [-0.39, 0.29) is 0 Å². The molecule has 0 saturated heterocycles. The number of hydrogen-bond donors (Lipinski definition) is 0. The second-order valence-corrected chi connectivity index (χ2v) is 4.73. The van der Waals surface area contributed by atoms with Crippen LogP contribution >= 0.6 is 0 Å². The standard InChI is InChI=1S/C17H14N2O/c1-19-11-16(13-5-3-12(10-18)4-6-13)15-9-14(20-2)7-8-17(15)19/h3-9,11H,1-2H3. The number of aryl methyl sites for hydroxylation is 1. The van der Waals surface area contributed by atoms with Crippen molar-refractivity contribution in [1.82, 2.24) is 4.57 Å². The van der Waals surface area contributed by atoms with E-state index in [2.05, 4.69) is 22.9 Å². The van der Waals surface area contributed by atoms with Crippen molar-refractivity contribution in [2.75, 3.05) is 7.11 Å². The molecule has 1 aromatic heterocycles. The van der Waals surface area contributed by atoms with Crippen LogP contribution in [0.5, 0.6) is 5.75 Å². The first kappa shape index (κ1) is 12.3. The van der Waals surface area contributed by atoms with Gasteiger partial charge >= 0.3 is 0 Å². The highest BCUT2D eigenvalue weighted by Crippen LogP contribution is 2.32. The van der Waals surface area contributed by atoms with Crippen LogP contribution in [-0.2, 0) is 7.05 Å². The van der Waals surface area contributed by atoms with Crippen molar-refractivity contribution in [2.45, 2.75) is 0 Å². The molecule has 0 N–H and O–H groups in total. The fourth-order valence-electron chi connectivity index (χ4n) is 2.45. The lowest BCUT2D eigenvalue weighted by atomic mass is 10.0. The van der Waals surface area contributed by atoms with Crippen molar-refractivity contribution < 1.29 is 4.74 Å². The molecule has 0 aliphatic rings. The molecule has 20 heavy (non-hydrogen) atoms. The third kappa shape index (κ3) is 1.92. The smallest absolute Gasteiger partial charge is 0.119 e. The van der Waals surface area contributed by atoms with Crippen molar-refractivity contribution in [1.29, 1.82) is 5.26 Å². The maximum Gasteiger partial charge on any atom is 0.119 e. The summed E-state index contributed by atoms with van der Waals surface area (Å²) in [5.74, 6) is 0.846. The Bertz CT molecular complexity index is 807. The summed E-state index contributed by atoms with van der Waals surface area (Å²) in [5.41, 5.74) is 4.07. The van der Waals surface area contributed by atoms with Gasteiger partial charge in [-0.3, -0.25) is 0 Å². The first-order valence-electron chi connectivity index (χ1n) is 6.36. The molecule has 3 heteroatoms. The van der Waals surface area contributed by atoms with Crippen molar-refractivity contribution in [3.8, 4) is 22.9 Å². The minimum absolute atomic E-state index is 0.673. The Morgan fingerprint density at radius 1 is 1.10 bits per heavy atom. The molecule has 3 nitrogen and oxygen atoms in total. The van der Waals surface area contributed by atoms with Gasteiger partial charge in [-0.05, 0) is 35.9 Å². The molecule has 0 unspecified atom stereocenters. The normalized spacial score (nSPS) is 10.4. The molecular weight excluding hydrogens is 248 g/mol. The van der Waals surface area contributed by atoms with Crippen molar-refractivity contribution >= 4 is 10.9 Å². The van der Waals surface area contributed by atoms with Gasteiger partial charge in [0.05, 0.1) is 18.7 Å². The summed E-state index contributed by atoms with van der Waals surface area (Å²) in [6, 6.07) is 15.8. The minimum Gasteiger partial charge on any atom is -0.497 e. The predicted molar refractivity (Wildman–Crippen MR) is 79.6 cm³/mol. The van der Waals surface area contributed by atoms with Gasteiger partial charge in [0.2, 0.25) is 0 Å². The van der Waals surface area contributed by atoms with Crippen LogP contribution in [0.25, 0.3) is 22.0 Å². The molecule has 0 spiro atoms. The summed E-state index contributed by atoms with van der Waals surface area (Å²) in [4.78, 5) is 0. The van der Waals surface area contributed by atoms with Gasteiger partial charge in [0.25, 0.3) is 0 Å². The number of fused-ring (bicyclic) bond motifs is 1. The van der Waals surface area contributed by atoms with Gasteiger partial charge in [-0.15, -0.1) is 0 Å². The fraction of sp³-hybridized carbons (Fsp3) is 0.118. The highest BCUT2D eigenvalue weighted by atomic mass is 16.5. The third-order valence-corrected chi connectivity index (χ3v) is 3.52. The number of hydrogen-bond acceptors (Lipinski definition) is 2. The molecule has 0 fully saturated rings. The molecule has 3 rings (SSSR count). The summed E-state index contributed by atoms with van der Waals surface area (Å²) in [6.45, 7) is 0. The van der Waals surface area contributed by atoms with E-state index in [9.17, 15) is 0 Å². The lowest BCUT2D eigenvalue weighted by Crippen LogP contribution is -1.85. The minimum atomic E-state index is 0.673. The molecule has 0 radical (unpaired) electrons. The first-order valence-corrected chi connectivity index (χ1v) is 6.36. The van der Waals surface area contributed by atoms with E-state index in [1.54, 1.807) is 7.11 Å². The molecule has 2 aromatic carbocycles. The maximum absolute atomic E-state index is 8.87. The van der Waals surface area contributed by atoms with E-state index in [0.29, 0.717) is 5.56 Å². The Morgan fingerprint density at radius 3 is 2.50 bits per heavy atom.